The normalized spacial score (nSPS) is 11.1. The fraction of sp³-hybridized carbons (Fsp3) is 0.125. The second-order valence-corrected chi connectivity index (χ2v) is 7.64. The van der Waals surface area contributed by atoms with Crippen molar-refractivity contribution in [2.45, 2.75) is 18.6 Å². The molecule has 31 heavy (non-hydrogen) atoms. The monoisotopic (exact) mass is 430 g/mol. The number of nitrogens with zero attached hydrogens (tertiary/aromatic N) is 3. The van der Waals surface area contributed by atoms with Crippen LogP contribution in [0.5, 0.6) is 11.5 Å². The molecule has 7 heteroatoms. The summed E-state index contributed by atoms with van der Waals surface area (Å²) in [6.45, 7) is 2.86. The molecule has 1 heterocycles. The number of carbonyl (C=O) groups excluding carboxylic acids is 1. The van der Waals surface area contributed by atoms with Gasteiger partial charge in [-0.2, -0.15) is 5.10 Å². The van der Waals surface area contributed by atoms with Crippen molar-refractivity contribution in [1.29, 1.82) is 0 Å². The smallest absolute Gasteiger partial charge is 0.250 e. The van der Waals surface area contributed by atoms with Crippen LogP contribution in [-0.4, -0.2) is 27.4 Å². The number of amides is 1. The van der Waals surface area contributed by atoms with Crippen molar-refractivity contribution in [2.75, 3.05) is 5.75 Å². The van der Waals surface area contributed by atoms with Crippen LogP contribution in [0.1, 0.15) is 12.5 Å². The number of fused-ring (bicyclic) bond motifs is 1. The van der Waals surface area contributed by atoms with Crippen molar-refractivity contribution in [2.24, 2.45) is 5.10 Å². The van der Waals surface area contributed by atoms with Crippen LogP contribution >= 0.6 is 11.8 Å². The lowest BCUT2D eigenvalue weighted by Gasteiger charge is -2.06. The fourth-order valence-electron chi connectivity index (χ4n) is 3.09. The van der Waals surface area contributed by atoms with Gasteiger partial charge >= 0.3 is 0 Å². The molecule has 0 saturated heterocycles. The fourth-order valence-corrected chi connectivity index (χ4v) is 3.96. The number of hydrazone groups is 1. The number of carbonyl (C=O) groups is 1. The minimum Gasteiger partial charge on any atom is -0.457 e. The molecule has 0 aliphatic rings. The van der Waals surface area contributed by atoms with Gasteiger partial charge in [0.1, 0.15) is 11.5 Å². The van der Waals surface area contributed by atoms with Gasteiger partial charge in [0, 0.05) is 6.54 Å². The molecule has 1 N–H and O–H groups in total. The van der Waals surface area contributed by atoms with Gasteiger partial charge in [0.2, 0.25) is 0 Å². The van der Waals surface area contributed by atoms with E-state index in [1.54, 1.807) is 6.21 Å². The molecule has 0 aliphatic heterocycles. The summed E-state index contributed by atoms with van der Waals surface area (Å²) >= 11 is 1.40. The third-order valence-electron chi connectivity index (χ3n) is 4.51. The summed E-state index contributed by atoms with van der Waals surface area (Å²) < 4.78 is 7.93. The zero-order valence-corrected chi connectivity index (χ0v) is 17.9. The SMILES string of the molecule is CCn1c(SCC(=O)NN=Cc2cccc(Oc3ccccc3)c2)nc2ccccc21. The highest BCUT2D eigenvalue weighted by atomic mass is 32.2. The lowest BCUT2D eigenvalue weighted by atomic mass is 10.2. The predicted octanol–water partition coefficient (Wildman–Crippen LogP) is 5.09. The summed E-state index contributed by atoms with van der Waals surface area (Å²) in [6, 6.07) is 25.1. The number of nitrogens with one attached hydrogen (secondary N) is 1. The first-order chi connectivity index (χ1) is 15.2. The molecule has 0 saturated carbocycles. The molecule has 4 aromatic rings. The van der Waals surface area contributed by atoms with Crippen LogP contribution in [0.15, 0.2) is 89.1 Å². The largest absolute Gasteiger partial charge is 0.457 e. The second-order valence-electron chi connectivity index (χ2n) is 6.70. The molecule has 3 aromatic carbocycles. The summed E-state index contributed by atoms with van der Waals surface area (Å²) in [7, 11) is 0. The molecule has 0 atom stereocenters. The maximum Gasteiger partial charge on any atom is 0.250 e. The second kappa shape index (κ2) is 9.95. The number of imidazole rings is 1. The van der Waals surface area contributed by atoms with E-state index in [-0.39, 0.29) is 11.7 Å². The Morgan fingerprint density at radius 3 is 2.68 bits per heavy atom. The van der Waals surface area contributed by atoms with Gasteiger partial charge in [-0.15, -0.1) is 0 Å². The Balaban J connectivity index is 1.32. The Morgan fingerprint density at radius 2 is 1.84 bits per heavy atom. The molecular weight excluding hydrogens is 408 g/mol. The zero-order chi connectivity index (χ0) is 21.5. The number of ether oxygens (including phenoxy) is 1. The highest BCUT2D eigenvalue weighted by molar-refractivity contribution is 7.99. The lowest BCUT2D eigenvalue weighted by Crippen LogP contribution is -2.20. The highest BCUT2D eigenvalue weighted by Crippen LogP contribution is 2.24. The average Bonchev–Trinajstić information content (AvgIpc) is 3.16. The summed E-state index contributed by atoms with van der Waals surface area (Å²) in [4.78, 5) is 16.8. The van der Waals surface area contributed by atoms with Crippen molar-refractivity contribution in [3.63, 3.8) is 0 Å². The molecule has 156 valence electrons. The van der Waals surface area contributed by atoms with Gasteiger partial charge in [-0.3, -0.25) is 4.79 Å². The molecule has 0 radical (unpaired) electrons. The van der Waals surface area contributed by atoms with Crippen LogP contribution in [-0.2, 0) is 11.3 Å². The quantitative estimate of drug-likeness (QED) is 0.240. The standard InChI is InChI=1S/C24H22N4O2S/c1-2-28-22-14-7-6-13-21(22)26-24(28)31-17-23(29)27-25-16-18-9-8-12-20(15-18)30-19-10-4-3-5-11-19/h3-16H,2,17H2,1H3,(H,27,29). The van der Waals surface area contributed by atoms with Crippen LogP contribution in [0.25, 0.3) is 11.0 Å². The molecular formula is C24H22N4O2S. The number of para-hydroxylation sites is 3. The minimum absolute atomic E-state index is 0.187. The van der Waals surface area contributed by atoms with E-state index in [1.165, 1.54) is 11.8 Å². The highest BCUT2D eigenvalue weighted by Gasteiger charge is 2.11. The summed E-state index contributed by atoms with van der Waals surface area (Å²) in [6.07, 6.45) is 1.60. The number of aryl methyl sites for hydroxylation is 1. The van der Waals surface area contributed by atoms with Crippen LogP contribution in [0.3, 0.4) is 0 Å². The molecule has 1 aromatic heterocycles. The predicted molar refractivity (Wildman–Crippen MR) is 125 cm³/mol. The van der Waals surface area contributed by atoms with Gasteiger partial charge in [-0.05, 0) is 48.9 Å². The zero-order valence-electron chi connectivity index (χ0n) is 17.1. The molecule has 0 bridgehead atoms. The Labute approximate surface area is 185 Å². The van der Waals surface area contributed by atoms with Crippen LogP contribution in [0.4, 0.5) is 0 Å². The molecule has 0 spiro atoms. The summed E-state index contributed by atoms with van der Waals surface area (Å²) in [5.41, 5.74) is 5.41. The van der Waals surface area contributed by atoms with E-state index < -0.39 is 0 Å². The van der Waals surface area contributed by atoms with E-state index in [0.29, 0.717) is 5.75 Å². The van der Waals surface area contributed by atoms with Crippen molar-refractivity contribution in [3.05, 3.63) is 84.4 Å². The van der Waals surface area contributed by atoms with Gasteiger partial charge in [0.05, 0.1) is 23.0 Å². The number of rotatable bonds is 8. The average molecular weight is 431 g/mol. The van der Waals surface area contributed by atoms with Crippen LogP contribution in [0, 0.1) is 0 Å². The van der Waals surface area contributed by atoms with Crippen LogP contribution in [0.2, 0.25) is 0 Å². The van der Waals surface area contributed by atoms with E-state index >= 15 is 0 Å². The van der Waals surface area contributed by atoms with Gasteiger partial charge in [0.15, 0.2) is 5.16 Å². The molecule has 0 unspecified atom stereocenters. The molecule has 0 fully saturated rings. The molecule has 6 nitrogen and oxygen atoms in total. The van der Waals surface area contributed by atoms with Crippen molar-refractivity contribution < 1.29 is 9.53 Å². The van der Waals surface area contributed by atoms with E-state index in [0.717, 1.165) is 34.0 Å². The lowest BCUT2D eigenvalue weighted by molar-refractivity contribution is -0.118. The third-order valence-corrected chi connectivity index (χ3v) is 5.48. The van der Waals surface area contributed by atoms with Gasteiger partial charge < -0.3 is 9.30 Å². The number of hydrogen-bond donors (Lipinski definition) is 1. The van der Waals surface area contributed by atoms with E-state index in [9.17, 15) is 4.79 Å². The van der Waals surface area contributed by atoms with Crippen molar-refractivity contribution >= 4 is 34.9 Å². The third kappa shape index (κ3) is 5.32. The van der Waals surface area contributed by atoms with Gasteiger partial charge in [-0.1, -0.05) is 54.2 Å². The number of thioether (sulfide) groups is 1. The van der Waals surface area contributed by atoms with E-state index in [1.807, 2.05) is 78.9 Å². The summed E-state index contributed by atoms with van der Waals surface area (Å²) in [5.74, 6) is 1.51. The Bertz CT molecular complexity index is 1200. The summed E-state index contributed by atoms with van der Waals surface area (Å²) in [5, 5.41) is 4.89. The Hall–Kier alpha value is -3.58. The molecule has 0 aliphatic carbocycles. The molecule has 1 amide bonds. The Morgan fingerprint density at radius 1 is 1.06 bits per heavy atom. The van der Waals surface area contributed by atoms with E-state index in [4.69, 9.17) is 4.74 Å². The number of benzene rings is 3. The molecule has 4 rings (SSSR count). The van der Waals surface area contributed by atoms with Crippen LogP contribution < -0.4 is 10.2 Å². The van der Waals surface area contributed by atoms with Gasteiger partial charge in [0.25, 0.3) is 5.91 Å². The van der Waals surface area contributed by atoms with Crippen molar-refractivity contribution in [3.8, 4) is 11.5 Å². The number of aromatic nitrogens is 2. The maximum absolute atomic E-state index is 12.2. The van der Waals surface area contributed by atoms with Gasteiger partial charge in [-0.25, -0.2) is 10.4 Å². The Kier molecular flexibility index (Phi) is 6.64. The first kappa shape index (κ1) is 20.7. The topological polar surface area (TPSA) is 68.5 Å². The van der Waals surface area contributed by atoms with Crippen molar-refractivity contribution in [1.82, 2.24) is 15.0 Å². The number of hydrogen-bond acceptors (Lipinski definition) is 5. The maximum atomic E-state index is 12.2. The first-order valence-corrected chi connectivity index (χ1v) is 10.9. The first-order valence-electron chi connectivity index (χ1n) is 9.96. The van der Waals surface area contributed by atoms with E-state index in [2.05, 4.69) is 27.0 Å². The minimum atomic E-state index is -0.187.